The second-order valence-corrected chi connectivity index (χ2v) is 4.41. The van der Waals surface area contributed by atoms with Crippen molar-refractivity contribution in [2.75, 3.05) is 26.2 Å². The highest BCUT2D eigenvalue weighted by Gasteiger charge is 2.20. The monoisotopic (exact) mass is 214 g/mol. The largest absolute Gasteiger partial charge is 0.396 e. The molecular formula is C11H22N2O2. The Hall–Kier alpha value is -0.610. The first-order valence-corrected chi connectivity index (χ1v) is 5.83. The molecule has 15 heavy (non-hydrogen) atoms. The number of aliphatic hydroxyl groups is 1. The van der Waals surface area contributed by atoms with Crippen molar-refractivity contribution in [3.63, 3.8) is 0 Å². The Morgan fingerprint density at radius 2 is 2.47 bits per heavy atom. The lowest BCUT2D eigenvalue weighted by atomic mass is 9.98. The van der Waals surface area contributed by atoms with E-state index in [1.54, 1.807) is 0 Å². The molecule has 0 spiro atoms. The Morgan fingerprint density at radius 3 is 3.07 bits per heavy atom. The average Bonchev–Trinajstić information content (AvgIpc) is 2.27. The lowest BCUT2D eigenvalue weighted by Gasteiger charge is -2.22. The molecule has 0 aromatic rings. The van der Waals surface area contributed by atoms with Crippen molar-refractivity contribution in [3.05, 3.63) is 0 Å². The van der Waals surface area contributed by atoms with Crippen LogP contribution in [0.3, 0.4) is 0 Å². The predicted octanol–water partition coefficient (Wildman–Crippen LogP) is 0.121. The minimum Gasteiger partial charge on any atom is -0.396 e. The van der Waals surface area contributed by atoms with Gasteiger partial charge in [-0.1, -0.05) is 6.92 Å². The predicted molar refractivity (Wildman–Crippen MR) is 59.5 cm³/mol. The van der Waals surface area contributed by atoms with Gasteiger partial charge in [0, 0.05) is 19.7 Å². The van der Waals surface area contributed by atoms with Crippen LogP contribution in [0.15, 0.2) is 0 Å². The molecule has 4 heteroatoms. The summed E-state index contributed by atoms with van der Waals surface area (Å²) in [5.74, 6) is 0.655. The molecule has 88 valence electrons. The molecule has 1 aliphatic heterocycles. The summed E-state index contributed by atoms with van der Waals surface area (Å²) in [5, 5.41) is 14.9. The van der Waals surface area contributed by atoms with Crippen molar-refractivity contribution in [2.45, 2.75) is 26.2 Å². The van der Waals surface area contributed by atoms with E-state index in [9.17, 15) is 4.79 Å². The maximum atomic E-state index is 11.7. The molecule has 0 aliphatic carbocycles. The zero-order chi connectivity index (χ0) is 11.1. The van der Waals surface area contributed by atoms with Crippen LogP contribution in [0.4, 0.5) is 0 Å². The van der Waals surface area contributed by atoms with Crippen LogP contribution in [0.1, 0.15) is 26.2 Å². The van der Waals surface area contributed by atoms with Gasteiger partial charge >= 0.3 is 0 Å². The third kappa shape index (κ3) is 4.62. The zero-order valence-corrected chi connectivity index (χ0v) is 9.46. The maximum absolute atomic E-state index is 11.7. The first-order valence-electron chi connectivity index (χ1n) is 5.83. The van der Waals surface area contributed by atoms with Gasteiger partial charge < -0.3 is 15.7 Å². The quantitative estimate of drug-likeness (QED) is 0.609. The first kappa shape index (κ1) is 12.5. The third-order valence-corrected chi connectivity index (χ3v) is 2.91. The van der Waals surface area contributed by atoms with Gasteiger partial charge in [0.2, 0.25) is 5.91 Å². The molecule has 0 aromatic heterocycles. The minimum absolute atomic E-state index is 0.139. The summed E-state index contributed by atoms with van der Waals surface area (Å²) >= 11 is 0. The number of piperidine rings is 1. The molecule has 1 amide bonds. The van der Waals surface area contributed by atoms with Crippen molar-refractivity contribution in [1.29, 1.82) is 0 Å². The second kappa shape index (κ2) is 6.80. The topological polar surface area (TPSA) is 61.4 Å². The van der Waals surface area contributed by atoms with Crippen LogP contribution in [0.2, 0.25) is 0 Å². The highest BCUT2D eigenvalue weighted by Crippen LogP contribution is 2.10. The van der Waals surface area contributed by atoms with Crippen LogP contribution >= 0.6 is 0 Å². The van der Waals surface area contributed by atoms with Crippen LogP contribution in [0.5, 0.6) is 0 Å². The molecule has 1 unspecified atom stereocenters. The van der Waals surface area contributed by atoms with E-state index < -0.39 is 0 Å². The molecule has 1 saturated heterocycles. The van der Waals surface area contributed by atoms with Gasteiger partial charge in [0.05, 0.1) is 5.92 Å². The molecule has 1 aliphatic rings. The average molecular weight is 214 g/mol. The van der Waals surface area contributed by atoms with Gasteiger partial charge in [-0.05, 0) is 31.7 Å². The molecule has 0 saturated carbocycles. The van der Waals surface area contributed by atoms with E-state index in [1.807, 2.05) is 6.92 Å². The van der Waals surface area contributed by atoms with Gasteiger partial charge in [-0.15, -0.1) is 0 Å². The summed E-state index contributed by atoms with van der Waals surface area (Å²) in [5.41, 5.74) is 0. The lowest BCUT2D eigenvalue weighted by molar-refractivity contribution is -0.125. The van der Waals surface area contributed by atoms with Gasteiger partial charge in [0.15, 0.2) is 0 Å². The Balaban J connectivity index is 2.16. The van der Waals surface area contributed by atoms with E-state index in [4.69, 9.17) is 5.11 Å². The van der Waals surface area contributed by atoms with E-state index in [1.165, 1.54) is 0 Å². The highest BCUT2D eigenvalue weighted by molar-refractivity contribution is 5.78. The van der Waals surface area contributed by atoms with E-state index in [2.05, 4.69) is 10.6 Å². The van der Waals surface area contributed by atoms with Gasteiger partial charge in [0.25, 0.3) is 0 Å². The van der Waals surface area contributed by atoms with Crippen molar-refractivity contribution in [3.8, 4) is 0 Å². The molecule has 1 rings (SSSR count). The second-order valence-electron chi connectivity index (χ2n) is 4.41. The van der Waals surface area contributed by atoms with Crippen LogP contribution < -0.4 is 10.6 Å². The van der Waals surface area contributed by atoms with E-state index >= 15 is 0 Å². The number of aliphatic hydroxyl groups excluding tert-OH is 1. The van der Waals surface area contributed by atoms with E-state index in [-0.39, 0.29) is 18.4 Å². The van der Waals surface area contributed by atoms with Crippen LogP contribution in [-0.2, 0) is 4.79 Å². The standard InChI is InChI=1S/C11H22N2O2/c1-9(4-6-14)7-13-11(15)10-3-2-5-12-8-10/h9-10,12,14H,2-8H2,1H3,(H,13,15)/t9?,10-/m0/s1. The Kier molecular flexibility index (Phi) is 5.65. The summed E-state index contributed by atoms with van der Waals surface area (Å²) < 4.78 is 0. The normalized spacial score (nSPS) is 23.5. The van der Waals surface area contributed by atoms with Crippen molar-refractivity contribution in [2.24, 2.45) is 11.8 Å². The third-order valence-electron chi connectivity index (χ3n) is 2.91. The van der Waals surface area contributed by atoms with Crippen molar-refractivity contribution in [1.82, 2.24) is 10.6 Å². The first-order chi connectivity index (χ1) is 7.24. The van der Waals surface area contributed by atoms with Crippen molar-refractivity contribution < 1.29 is 9.90 Å². The Morgan fingerprint density at radius 1 is 1.67 bits per heavy atom. The number of hydrogen-bond donors (Lipinski definition) is 3. The number of carbonyl (C=O) groups is 1. The molecule has 1 heterocycles. The van der Waals surface area contributed by atoms with Gasteiger partial charge in [-0.25, -0.2) is 0 Å². The molecule has 4 nitrogen and oxygen atoms in total. The number of rotatable bonds is 5. The van der Waals surface area contributed by atoms with E-state index in [0.29, 0.717) is 12.5 Å². The Bertz CT molecular complexity index is 191. The summed E-state index contributed by atoms with van der Waals surface area (Å²) in [6, 6.07) is 0. The smallest absolute Gasteiger partial charge is 0.224 e. The molecular weight excluding hydrogens is 192 g/mol. The fourth-order valence-corrected chi connectivity index (χ4v) is 1.82. The minimum atomic E-state index is 0.139. The number of nitrogens with one attached hydrogen (secondary N) is 2. The highest BCUT2D eigenvalue weighted by atomic mass is 16.3. The molecule has 0 radical (unpaired) electrons. The number of carbonyl (C=O) groups excluding carboxylic acids is 1. The maximum Gasteiger partial charge on any atom is 0.224 e. The SMILES string of the molecule is CC(CCO)CNC(=O)[C@H]1CCCNC1. The zero-order valence-electron chi connectivity index (χ0n) is 9.46. The molecule has 0 aromatic carbocycles. The molecule has 2 atom stereocenters. The summed E-state index contributed by atoms with van der Waals surface area (Å²) in [7, 11) is 0. The summed E-state index contributed by atoms with van der Waals surface area (Å²) in [6.45, 7) is 4.75. The van der Waals surface area contributed by atoms with Crippen molar-refractivity contribution >= 4 is 5.91 Å². The van der Waals surface area contributed by atoms with Gasteiger partial charge in [-0.3, -0.25) is 4.79 Å². The number of hydrogen-bond acceptors (Lipinski definition) is 3. The molecule has 3 N–H and O–H groups in total. The van der Waals surface area contributed by atoms with Gasteiger partial charge in [0.1, 0.15) is 0 Å². The van der Waals surface area contributed by atoms with Crippen LogP contribution in [0, 0.1) is 11.8 Å². The lowest BCUT2D eigenvalue weighted by Crippen LogP contribution is -2.41. The summed E-state index contributed by atoms with van der Waals surface area (Å²) in [4.78, 5) is 11.7. The number of amides is 1. The van der Waals surface area contributed by atoms with Crippen LogP contribution in [0.25, 0.3) is 0 Å². The fourth-order valence-electron chi connectivity index (χ4n) is 1.82. The van der Waals surface area contributed by atoms with Crippen LogP contribution in [-0.4, -0.2) is 37.3 Å². The van der Waals surface area contributed by atoms with E-state index in [0.717, 1.165) is 32.4 Å². The Labute approximate surface area is 91.4 Å². The molecule has 0 bridgehead atoms. The molecule has 1 fully saturated rings. The van der Waals surface area contributed by atoms with Gasteiger partial charge in [-0.2, -0.15) is 0 Å². The summed E-state index contributed by atoms with van der Waals surface area (Å²) in [6.07, 6.45) is 2.83. The fraction of sp³-hybridized carbons (Fsp3) is 0.909.